The van der Waals surface area contributed by atoms with Crippen molar-refractivity contribution in [2.75, 3.05) is 5.32 Å². The Morgan fingerprint density at radius 3 is 2.70 bits per heavy atom. The first kappa shape index (κ1) is 14.9. The van der Waals surface area contributed by atoms with Gasteiger partial charge in [0.15, 0.2) is 0 Å². The van der Waals surface area contributed by atoms with E-state index in [0.717, 1.165) is 24.3 Å². The SMILES string of the molecule is CC(N)C(C)C(=O)Nc1cccc(OC2CCCC2)c1. The maximum absolute atomic E-state index is 12.0. The number of nitrogens with one attached hydrogen (secondary N) is 1. The number of rotatable bonds is 5. The number of ether oxygens (including phenoxy) is 1. The molecule has 1 aromatic rings. The van der Waals surface area contributed by atoms with Crippen LogP contribution in [0.4, 0.5) is 5.69 Å². The van der Waals surface area contributed by atoms with Crippen molar-refractivity contribution >= 4 is 11.6 Å². The van der Waals surface area contributed by atoms with Crippen molar-refractivity contribution < 1.29 is 9.53 Å². The number of hydrogen-bond donors (Lipinski definition) is 2. The maximum atomic E-state index is 12.0. The van der Waals surface area contributed by atoms with Crippen molar-refractivity contribution in [1.29, 1.82) is 0 Å². The molecule has 1 aliphatic rings. The highest BCUT2D eigenvalue weighted by atomic mass is 16.5. The fourth-order valence-electron chi connectivity index (χ4n) is 2.34. The van der Waals surface area contributed by atoms with Crippen LogP contribution in [-0.2, 0) is 4.79 Å². The summed E-state index contributed by atoms with van der Waals surface area (Å²) in [7, 11) is 0. The Morgan fingerprint density at radius 1 is 1.35 bits per heavy atom. The molecule has 0 heterocycles. The first-order valence-electron chi connectivity index (χ1n) is 7.39. The Kier molecular flexibility index (Phi) is 5.01. The zero-order chi connectivity index (χ0) is 14.5. The van der Waals surface area contributed by atoms with Crippen molar-refractivity contribution in [3.8, 4) is 5.75 Å². The Morgan fingerprint density at radius 2 is 2.05 bits per heavy atom. The molecule has 20 heavy (non-hydrogen) atoms. The lowest BCUT2D eigenvalue weighted by atomic mass is 10.0. The van der Waals surface area contributed by atoms with Crippen LogP contribution in [0.3, 0.4) is 0 Å². The fourth-order valence-corrected chi connectivity index (χ4v) is 2.34. The van der Waals surface area contributed by atoms with E-state index in [1.54, 1.807) is 0 Å². The molecule has 1 fully saturated rings. The Balaban J connectivity index is 1.96. The van der Waals surface area contributed by atoms with Gasteiger partial charge in [0.05, 0.1) is 12.0 Å². The van der Waals surface area contributed by atoms with Gasteiger partial charge in [-0.15, -0.1) is 0 Å². The molecule has 2 atom stereocenters. The summed E-state index contributed by atoms with van der Waals surface area (Å²) < 4.78 is 5.93. The smallest absolute Gasteiger partial charge is 0.228 e. The highest BCUT2D eigenvalue weighted by molar-refractivity contribution is 5.92. The molecule has 1 aliphatic carbocycles. The molecule has 4 nitrogen and oxygen atoms in total. The molecular formula is C16H24N2O2. The van der Waals surface area contributed by atoms with E-state index in [2.05, 4.69) is 5.32 Å². The first-order valence-corrected chi connectivity index (χ1v) is 7.39. The second kappa shape index (κ2) is 6.75. The van der Waals surface area contributed by atoms with Crippen molar-refractivity contribution in [1.82, 2.24) is 0 Å². The van der Waals surface area contributed by atoms with Crippen molar-refractivity contribution in [2.45, 2.75) is 51.7 Å². The van der Waals surface area contributed by atoms with Gasteiger partial charge >= 0.3 is 0 Å². The van der Waals surface area contributed by atoms with Crippen LogP contribution in [0.25, 0.3) is 0 Å². The maximum Gasteiger partial charge on any atom is 0.228 e. The number of benzene rings is 1. The third-order valence-corrected chi connectivity index (χ3v) is 3.91. The van der Waals surface area contributed by atoms with Crippen LogP contribution in [-0.4, -0.2) is 18.1 Å². The Labute approximate surface area is 120 Å². The van der Waals surface area contributed by atoms with Crippen LogP contribution in [0.5, 0.6) is 5.75 Å². The third-order valence-electron chi connectivity index (χ3n) is 3.91. The van der Waals surface area contributed by atoms with E-state index in [4.69, 9.17) is 10.5 Å². The van der Waals surface area contributed by atoms with Gasteiger partial charge in [-0.1, -0.05) is 13.0 Å². The lowest BCUT2D eigenvalue weighted by Crippen LogP contribution is -2.34. The van der Waals surface area contributed by atoms with Gasteiger partial charge in [0, 0.05) is 17.8 Å². The van der Waals surface area contributed by atoms with E-state index in [1.807, 2.05) is 38.1 Å². The minimum absolute atomic E-state index is 0.0574. The van der Waals surface area contributed by atoms with Crippen LogP contribution in [0.15, 0.2) is 24.3 Å². The normalized spacial score (nSPS) is 18.6. The molecule has 0 radical (unpaired) electrons. The first-order chi connectivity index (χ1) is 9.56. The van der Waals surface area contributed by atoms with Crippen LogP contribution in [0, 0.1) is 5.92 Å². The summed E-state index contributed by atoms with van der Waals surface area (Å²) in [6, 6.07) is 7.42. The number of amides is 1. The second-order valence-electron chi connectivity index (χ2n) is 5.69. The highest BCUT2D eigenvalue weighted by Gasteiger charge is 2.18. The van der Waals surface area contributed by atoms with E-state index < -0.39 is 0 Å². The molecule has 2 unspecified atom stereocenters. The van der Waals surface area contributed by atoms with Crippen molar-refractivity contribution in [3.05, 3.63) is 24.3 Å². The minimum Gasteiger partial charge on any atom is -0.490 e. The van der Waals surface area contributed by atoms with E-state index in [9.17, 15) is 4.79 Å². The topological polar surface area (TPSA) is 64.4 Å². The lowest BCUT2D eigenvalue weighted by molar-refractivity contribution is -0.119. The fraction of sp³-hybridized carbons (Fsp3) is 0.562. The van der Waals surface area contributed by atoms with Gasteiger partial charge in [-0.3, -0.25) is 4.79 Å². The third kappa shape index (κ3) is 3.97. The predicted molar refractivity (Wildman–Crippen MR) is 80.8 cm³/mol. The number of carbonyl (C=O) groups is 1. The van der Waals surface area contributed by atoms with Crippen LogP contribution in [0.1, 0.15) is 39.5 Å². The molecule has 0 aromatic heterocycles. The zero-order valence-electron chi connectivity index (χ0n) is 12.3. The molecule has 0 spiro atoms. The van der Waals surface area contributed by atoms with Gasteiger partial charge in [0.2, 0.25) is 5.91 Å². The standard InChI is InChI=1S/C16H24N2O2/c1-11(12(2)17)16(19)18-13-6-5-9-15(10-13)20-14-7-3-4-8-14/h5-6,9-12,14H,3-4,7-8,17H2,1-2H3,(H,18,19). The summed E-state index contributed by atoms with van der Waals surface area (Å²) in [5, 5.41) is 2.89. The van der Waals surface area contributed by atoms with Crippen molar-refractivity contribution in [2.24, 2.45) is 11.7 Å². The number of hydrogen-bond acceptors (Lipinski definition) is 3. The molecule has 0 bridgehead atoms. The van der Waals surface area contributed by atoms with E-state index in [-0.39, 0.29) is 17.9 Å². The number of carbonyl (C=O) groups excluding carboxylic acids is 1. The molecule has 0 saturated heterocycles. The molecule has 1 aromatic carbocycles. The van der Waals surface area contributed by atoms with Crippen LogP contribution < -0.4 is 15.8 Å². The van der Waals surface area contributed by atoms with Crippen LogP contribution >= 0.6 is 0 Å². The van der Waals surface area contributed by atoms with Gasteiger partial charge in [-0.25, -0.2) is 0 Å². The Bertz CT molecular complexity index is 454. The largest absolute Gasteiger partial charge is 0.490 e. The van der Waals surface area contributed by atoms with E-state index in [1.165, 1.54) is 12.8 Å². The molecule has 1 amide bonds. The van der Waals surface area contributed by atoms with Gasteiger partial charge in [-0.05, 0) is 44.7 Å². The quantitative estimate of drug-likeness (QED) is 0.869. The second-order valence-corrected chi connectivity index (χ2v) is 5.69. The average molecular weight is 276 g/mol. The van der Waals surface area contributed by atoms with Gasteiger partial charge in [-0.2, -0.15) is 0 Å². The summed E-state index contributed by atoms with van der Waals surface area (Å²) in [5.41, 5.74) is 6.51. The molecule has 1 saturated carbocycles. The molecule has 2 rings (SSSR count). The minimum atomic E-state index is -0.214. The summed E-state index contributed by atoms with van der Waals surface area (Å²) in [4.78, 5) is 12.0. The highest BCUT2D eigenvalue weighted by Crippen LogP contribution is 2.25. The molecule has 0 aliphatic heterocycles. The van der Waals surface area contributed by atoms with Gasteiger partial charge in [0.25, 0.3) is 0 Å². The lowest BCUT2D eigenvalue weighted by Gasteiger charge is -2.17. The monoisotopic (exact) mass is 276 g/mol. The van der Waals surface area contributed by atoms with E-state index >= 15 is 0 Å². The summed E-state index contributed by atoms with van der Waals surface area (Å²) in [6.45, 7) is 3.67. The van der Waals surface area contributed by atoms with Crippen LogP contribution in [0.2, 0.25) is 0 Å². The van der Waals surface area contributed by atoms with Gasteiger partial charge in [0.1, 0.15) is 5.75 Å². The predicted octanol–water partition coefficient (Wildman–Crippen LogP) is 2.93. The number of anilines is 1. The zero-order valence-corrected chi connectivity index (χ0v) is 12.3. The Hall–Kier alpha value is -1.55. The molecule has 4 heteroatoms. The molecular weight excluding hydrogens is 252 g/mol. The molecule has 3 N–H and O–H groups in total. The average Bonchev–Trinajstić information content (AvgIpc) is 2.91. The van der Waals surface area contributed by atoms with Gasteiger partial charge < -0.3 is 15.8 Å². The molecule has 110 valence electrons. The van der Waals surface area contributed by atoms with Crippen molar-refractivity contribution in [3.63, 3.8) is 0 Å². The summed E-state index contributed by atoms with van der Waals surface area (Å²) >= 11 is 0. The summed E-state index contributed by atoms with van der Waals surface area (Å²) in [6.07, 6.45) is 5.06. The number of nitrogens with two attached hydrogens (primary N) is 1. The summed E-state index contributed by atoms with van der Waals surface area (Å²) in [5.74, 6) is 0.551. The van der Waals surface area contributed by atoms with E-state index in [0.29, 0.717) is 6.10 Å².